The van der Waals surface area contributed by atoms with E-state index >= 15 is 0 Å². The van der Waals surface area contributed by atoms with Gasteiger partial charge in [-0.05, 0) is 48.4 Å². The molecule has 22 heavy (non-hydrogen) atoms. The third kappa shape index (κ3) is 2.71. The standard InChI is InChI=1S/C16H40O2Si4/c1-9-19(10-2)17-21(13-5,14-6)22(15-7,16-8)18-20(19,11-3)12-4/h9-16H2,1-8H3. The largest absolute Gasteiger partial charge is 0.455 e. The molecule has 0 unspecified atom stereocenters. The van der Waals surface area contributed by atoms with Crippen molar-refractivity contribution in [1.29, 1.82) is 0 Å². The molecule has 1 aliphatic heterocycles. The molecule has 1 rings (SSSR count). The second kappa shape index (κ2) is 7.78. The molecule has 132 valence electrons. The van der Waals surface area contributed by atoms with Gasteiger partial charge in [-0.25, -0.2) is 0 Å². The fraction of sp³-hybridized carbons (Fsp3) is 1.00. The Kier molecular flexibility index (Phi) is 7.37. The first-order valence-electron chi connectivity index (χ1n) is 9.80. The highest BCUT2D eigenvalue weighted by molar-refractivity contribution is 7.51. The summed E-state index contributed by atoms with van der Waals surface area (Å²) < 4.78 is 15.1. The van der Waals surface area contributed by atoms with Gasteiger partial charge < -0.3 is 8.23 Å². The smallest absolute Gasteiger partial charge is 0.197 e. The summed E-state index contributed by atoms with van der Waals surface area (Å²) in [5, 5.41) is 0. The fourth-order valence-electron chi connectivity index (χ4n) is 5.27. The van der Waals surface area contributed by atoms with Crippen LogP contribution in [0.3, 0.4) is 0 Å². The lowest BCUT2D eigenvalue weighted by atomic mass is 10.9. The van der Waals surface area contributed by atoms with Gasteiger partial charge >= 0.3 is 0 Å². The normalized spacial score (nSPS) is 25.1. The van der Waals surface area contributed by atoms with E-state index in [0.29, 0.717) is 0 Å². The Morgan fingerprint density at radius 3 is 0.591 bits per heavy atom. The third-order valence-corrected chi connectivity index (χ3v) is 47.8. The summed E-state index contributed by atoms with van der Waals surface area (Å²) in [5.41, 5.74) is 0. The molecule has 1 aliphatic rings. The molecule has 1 heterocycles. The van der Waals surface area contributed by atoms with Gasteiger partial charge in [0.25, 0.3) is 0 Å². The molecular weight excluding hydrogens is 337 g/mol. The first-order valence-corrected chi connectivity index (χ1v) is 21.1. The summed E-state index contributed by atoms with van der Waals surface area (Å²) >= 11 is 0. The second-order valence-corrected chi connectivity index (χ2v) is 33.2. The van der Waals surface area contributed by atoms with Crippen LogP contribution in [0, 0.1) is 0 Å². The Balaban J connectivity index is 3.55. The van der Waals surface area contributed by atoms with E-state index in [2.05, 4.69) is 55.4 Å². The third-order valence-electron chi connectivity index (χ3n) is 7.01. The maximum atomic E-state index is 7.53. The van der Waals surface area contributed by atoms with Crippen LogP contribution < -0.4 is 0 Å². The van der Waals surface area contributed by atoms with Gasteiger partial charge in [-0.2, -0.15) is 0 Å². The summed E-state index contributed by atoms with van der Waals surface area (Å²) in [5.74, 6) is 0. The minimum absolute atomic E-state index is 1.28. The lowest BCUT2D eigenvalue weighted by molar-refractivity contribution is 0.453. The van der Waals surface area contributed by atoms with E-state index in [0.717, 1.165) is 0 Å². The van der Waals surface area contributed by atoms with Gasteiger partial charge in [0.15, 0.2) is 31.3 Å². The van der Waals surface area contributed by atoms with Crippen LogP contribution in [-0.4, -0.2) is 31.3 Å². The Bertz CT molecular complexity index is 280. The van der Waals surface area contributed by atoms with Gasteiger partial charge in [-0.15, -0.1) is 0 Å². The van der Waals surface area contributed by atoms with Crippen LogP contribution in [0.1, 0.15) is 55.4 Å². The van der Waals surface area contributed by atoms with E-state index in [1.165, 1.54) is 48.4 Å². The van der Waals surface area contributed by atoms with Crippen LogP contribution in [0.25, 0.3) is 0 Å². The molecular formula is C16H40O2Si4. The first-order chi connectivity index (χ1) is 10.4. The maximum Gasteiger partial charge on any atom is 0.197 e. The minimum Gasteiger partial charge on any atom is -0.455 e. The van der Waals surface area contributed by atoms with Crippen molar-refractivity contribution in [2.24, 2.45) is 0 Å². The molecule has 0 radical (unpaired) electrons. The monoisotopic (exact) mass is 376 g/mol. The fourth-order valence-corrected chi connectivity index (χ4v) is 57.0. The van der Waals surface area contributed by atoms with E-state index in [1.807, 2.05) is 0 Å². The zero-order valence-corrected chi connectivity index (χ0v) is 20.5. The lowest BCUT2D eigenvalue weighted by Gasteiger charge is -2.63. The SMILES string of the molecule is CC[Si]1(CC)O[Si](CC)(CC)[Si](CC)(CC)O[Si]1(CC)CC. The molecule has 2 nitrogen and oxygen atoms in total. The Labute approximate surface area is 143 Å². The molecule has 0 aromatic carbocycles. The molecule has 0 aromatic rings. The highest BCUT2D eigenvalue weighted by Gasteiger charge is 2.69. The van der Waals surface area contributed by atoms with Crippen molar-refractivity contribution in [3.8, 4) is 0 Å². The molecule has 0 aliphatic carbocycles. The number of hydrogen-bond donors (Lipinski definition) is 0. The second-order valence-electron chi connectivity index (χ2n) is 7.01. The van der Waals surface area contributed by atoms with E-state index < -0.39 is 31.3 Å². The quantitative estimate of drug-likeness (QED) is 0.474. The van der Waals surface area contributed by atoms with Crippen LogP contribution >= 0.6 is 0 Å². The molecule has 1 saturated heterocycles. The molecule has 0 spiro atoms. The molecule has 0 atom stereocenters. The summed E-state index contributed by atoms with van der Waals surface area (Å²) in [7, 11) is -6.78. The highest BCUT2D eigenvalue weighted by atomic mass is 29.4. The molecule has 0 amide bonds. The van der Waals surface area contributed by atoms with Crippen LogP contribution in [0.5, 0.6) is 0 Å². The van der Waals surface area contributed by atoms with Crippen LogP contribution in [0.4, 0.5) is 0 Å². The van der Waals surface area contributed by atoms with Gasteiger partial charge in [0.05, 0.1) is 0 Å². The van der Waals surface area contributed by atoms with Crippen molar-refractivity contribution >= 4 is 31.3 Å². The van der Waals surface area contributed by atoms with E-state index in [1.54, 1.807) is 0 Å². The Hall–Kier alpha value is 0.788. The Morgan fingerprint density at radius 2 is 0.500 bits per heavy atom. The lowest BCUT2D eigenvalue weighted by Crippen LogP contribution is -2.84. The molecule has 6 heteroatoms. The minimum atomic E-state index is -1.70. The van der Waals surface area contributed by atoms with Crippen molar-refractivity contribution in [3.05, 3.63) is 0 Å². The Morgan fingerprint density at radius 1 is 0.364 bits per heavy atom. The summed E-state index contributed by atoms with van der Waals surface area (Å²) in [4.78, 5) is 0. The van der Waals surface area contributed by atoms with Crippen LogP contribution in [-0.2, 0) is 8.23 Å². The zero-order valence-electron chi connectivity index (χ0n) is 16.5. The van der Waals surface area contributed by atoms with Crippen LogP contribution in [0.2, 0.25) is 48.4 Å². The summed E-state index contributed by atoms with van der Waals surface area (Å²) in [6.07, 6.45) is 0. The van der Waals surface area contributed by atoms with Crippen LogP contribution in [0.15, 0.2) is 0 Å². The van der Waals surface area contributed by atoms with Crippen molar-refractivity contribution in [3.63, 3.8) is 0 Å². The average Bonchev–Trinajstić information content (AvgIpc) is 2.60. The highest BCUT2D eigenvalue weighted by Crippen LogP contribution is 2.50. The van der Waals surface area contributed by atoms with Gasteiger partial charge in [0.1, 0.15) is 0 Å². The molecule has 1 fully saturated rings. The van der Waals surface area contributed by atoms with Gasteiger partial charge in [-0.1, -0.05) is 55.4 Å². The van der Waals surface area contributed by atoms with Crippen molar-refractivity contribution in [1.82, 2.24) is 0 Å². The maximum absolute atomic E-state index is 7.53. The molecule has 0 aromatic heterocycles. The first kappa shape index (κ1) is 20.8. The van der Waals surface area contributed by atoms with Crippen molar-refractivity contribution in [2.75, 3.05) is 0 Å². The number of hydrogen-bond acceptors (Lipinski definition) is 2. The predicted octanol–water partition coefficient (Wildman–Crippen LogP) is 6.13. The van der Waals surface area contributed by atoms with E-state index in [-0.39, 0.29) is 0 Å². The van der Waals surface area contributed by atoms with Gasteiger partial charge in [0, 0.05) is 0 Å². The van der Waals surface area contributed by atoms with Crippen molar-refractivity contribution in [2.45, 2.75) is 104 Å². The average molecular weight is 377 g/mol. The zero-order chi connectivity index (χ0) is 17.1. The topological polar surface area (TPSA) is 18.5 Å². The van der Waals surface area contributed by atoms with Gasteiger partial charge in [-0.3, -0.25) is 0 Å². The molecule has 0 N–H and O–H groups in total. The van der Waals surface area contributed by atoms with E-state index in [4.69, 9.17) is 8.23 Å². The summed E-state index contributed by atoms with van der Waals surface area (Å²) in [6, 6.07) is 10.3. The molecule has 0 saturated carbocycles. The van der Waals surface area contributed by atoms with Gasteiger partial charge in [0.2, 0.25) is 0 Å². The predicted molar refractivity (Wildman–Crippen MR) is 109 cm³/mol. The number of rotatable bonds is 8. The van der Waals surface area contributed by atoms with E-state index in [9.17, 15) is 0 Å². The molecule has 0 bridgehead atoms. The van der Waals surface area contributed by atoms with Crippen molar-refractivity contribution < 1.29 is 8.23 Å². The summed E-state index contributed by atoms with van der Waals surface area (Å²) in [6.45, 7) is 19.2.